The number of benzene rings is 1. The number of nitriles is 1. The lowest BCUT2D eigenvalue weighted by Gasteiger charge is -2.30. The highest BCUT2D eigenvalue weighted by Crippen LogP contribution is 2.29. The largest absolute Gasteiger partial charge is 0.490 e. The van der Waals surface area contributed by atoms with Gasteiger partial charge in [0.15, 0.2) is 0 Å². The first kappa shape index (κ1) is 21.8. The standard InChI is InChI=1S/C25H31N3O2.H2/c1-5-16(2)20-6-12-23(27-15-20)25(29)28-21-8-10-22(11-9-21)30-24-13-7-19(14-26)17(3)18(24)4;/h6-7,12-13,15-16,21-22H,5,8-11H2,1-4H3,(H,28,29);1H. The van der Waals surface area contributed by atoms with Gasteiger partial charge in [-0.15, -0.1) is 0 Å². The molecule has 160 valence electrons. The molecule has 1 aromatic carbocycles. The van der Waals surface area contributed by atoms with Gasteiger partial charge in [-0.1, -0.05) is 19.9 Å². The van der Waals surface area contributed by atoms with Crippen molar-refractivity contribution in [3.63, 3.8) is 0 Å². The Morgan fingerprint density at radius 2 is 1.97 bits per heavy atom. The molecule has 1 heterocycles. The fourth-order valence-corrected chi connectivity index (χ4v) is 3.88. The van der Waals surface area contributed by atoms with Crippen LogP contribution in [0, 0.1) is 25.2 Å². The number of nitrogens with one attached hydrogen (secondary N) is 1. The van der Waals surface area contributed by atoms with Crippen LogP contribution in [0.3, 0.4) is 0 Å². The molecule has 1 aliphatic carbocycles. The van der Waals surface area contributed by atoms with E-state index in [-0.39, 0.29) is 19.5 Å². The Kier molecular flexibility index (Phi) is 7.10. The minimum Gasteiger partial charge on any atom is -0.490 e. The second-order valence-electron chi connectivity index (χ2n) is 8.32. The molecule has 2 aromatic rings. The molecule has 0 radical (unpaired) electrons. The van der Waals surface area contributed by atoms with E-state index in [0.717, 1.165) is 49.0 Å². The summed E-state index contributed by atoms with van der Waals surface area (Å²) in [4.78, 5) is 16.9. The van der Waals surface area contributed by atoms with Crippen molar-refractivity contribution in [2.24, 2.45) is 0 Å². The molecule has 5 nitrogen and oxygen atoms in total. The highest BCUT2D eigenvalue weighted by atomic mass is 16.5. The maximum absolute atomic E-state index is 12.5. The molecule has 0 saturated heterocycles. The predicted molar refractivity (Wildman–Crippen MR) is 120 cm³/mol. The van der Waals surface area contributed by atoms with Crippen molar-refractivity contribution in [3.05, 3.63) is 58.4 Å². The summed E-state index contributed by atoms with van der Waals surface area (Å²) < 4.78 is 6.22. The number of carbonyl (C=O) groups is 1. The van der Waals surface area contributed by atoms with Crippen LogP contribution in [0.1, 0.15) is 86.0 Å². The molecular weight excluding hydrogens is 374 g/mol. The van der Waals surface area contributed by atoms with Crippen molar-refractivity contribution in [1.82, 2.24) is 10.3 Å². The van der Waals surface area contributed by atoms with Gasteiger partial charge >= 0.3 is 0 Å². The first-order valence-corrected chi connectivity index (χ1v) is 10.9. The Morgan fingerprint density at radius 3 is 2.57 bits per heavy atom. The molecule has 1 atom stereocenters. The molecule has 1 fully saturated rings. The van der Waals surface area contributed by atoms with E-state index in [4.69, 9.17) is 10.00 Å². The topological polar surface area (TPSA) is 75.0 Å². The molecule has 3 rings (SSSR count). The van der Waals surface area contributed by atoms with Crippen LogP contribution in [-0.4, -0.2) is 23.0 Å². The minimum absolute atomic E-state index is 0. The van der Waals surface area contributed by atoms with Gasteiger partial charge in [0.1, 0.15) is 11.4 Å². The lowest BCUT2D eigenvalue weighted by atomic mass is 9.92. The van der Waals surface area contributed by atoms with Crippen LogP contribution in [-0.2, 0) is 0 Å². The fourth-order valence-electron chi connectivity index (χ4n) is 3.88. The zero-order chi connectivity index (χ0) is 21.7. The van der Waals surface area contributed by atoms with E-state index >= 15 is 0 Å². The van der Waals surface area contributed by atoms with Crippen LogP contribution in [0.15, 0.2) is 30.5 Å². The first-order valence-electron chi connectivity index (χ1n) is 10.9. The maximum Gasteiger partial charge on any atom is 0.270 e. The summed E-state index contributed by atoms with van der Waals surface area (Å²) in [5.41, 5.74) is 4.33. The Balaban J connectivity index is 0.00000341. The van der Waals surface area contributed by atoms with Gasteiger partial charge in [-0.2, -0.15) is 5.26 Å². The van der Waals surface area contributed by atoms with Crippen molar-refractivity contribution in [3.8, 4) is 11.8 Å². The Bertz CT molecular complexity index is 929. The number of amides is 1. The summed E-state index contributed by atoms with van der Waals surface area (Å²) in [6, 6.07) is 9.90. The van der Waals surface area contributed by atoms with Crippen LogP contribution in [0.4, 0.5) is 0 Å². The van der Waals surface area contributed by atoms with E-state index in [9.17, 15) is 4.79 Å². The maximum atomic E-state index is 12.5. The lowest BCUT2D eigenvalue weighted by molar-refractivity contribution is 0.0888. The second kappa shape index (κ2) is 9.75. The number of rotatable bonds is 6. The van der Waals surface area contributed by atoms with E-state index in [0.29, 0.717) is 17.2 Å². The fraction of sp³-hybridized carbons (Fsp3) is 0.480. The van der Waals surface area contributed by atoms with Gasteiger partial charge in [-0.05, 0) is 86.8 Å². The zero-order valence-corrected chi connectivity index (χ0v) is 18.4. The number of ether oxygens (including phenoxy) is 1. The van der Waals surface area contributed by atoms with Crippen LogP contribution in [0.5, 0.6) is 5.75 Å². The van der Waals surface area contributed by atoms with E-state index in [1.54, 1.807) is 0 Å². The van der Waals surface area contributed by atoms with Gasteiger partial charge in [0, 0.05) is 13.7 Å². The third-order valence-electron chi connectivity index (χ3n) is 6.36. The molecule has 30 heavy (non-hydrogen) atoms. The van der Waals surface area contributed by atoms with E-state index in [1.807, 2.05) is 44.3 Å². The summed E-state index contributed by atoms with van der Waals surface area (Å²) in [7, 11) is 0. The molecule has 1 aromatic heterocycles. The smallest absolute Gasteiger partial charge is 0.270 e. The van der Waals surface area contributed by atoms with Crippen LogP contribution < -0.4 is 10.1 Å². The third-order valence-corrected chi connectivity index (χ3v) is 6.36. The highest BCUT2D eigenvalue weighted by Gasteiger charge is 2.25. The molecule has 1 amide bonds. The van der Waals surface area contributed by atoms with Crippen LogP contribution in [0.2, 0.25) is 0 Å². The van der Waals surface area contributed by atoms with Gasteiger partial charge in [0.25, 0.3) is 5.91 Å². The molecule has 0 bridgehead atoms. The van der Waals surface area contributed by atoms with Gasteiger partial charge in [-0.25, -0.2) is 0 Å². The van der Waals surface area contributed by atoms with Crippen molar-refractivity contribution < 1.29 is 11.0 Å². The molecule has 1 N–H and O–H groups in total. The second-order valence-corrected chi connectivity index (χ2v) is 8.32. The van der Waals surface area contributed by atoms with Crippen molar-refractivity contribution >= 4 is 5.91 Å². The summed E-state index contributed by atoms with van der Waals surface area (Å²) in [6.45, 7) is 8.26. The number of hydrogen-bond donors (Lipinski definition) is 1. The van der Waals surface area contributed by atoms with Gasteiger partial charge in [0.05, 0.1) is 17.7 Å². The third kappa shape index (κ3) is 4.99. The van der Waals surface area contributed by atoms with Gasteiger partial charge in [-0.3, -0.25) is 9.78 Å². The van der Waals surface area contributed by atoms with Crippen LogP contribution in [0.25, 0.3) is 0 Å². The van der Waals surface area contributed by atoms with Crippen LogP contribution >= 0.6 is 0 Å². The van der Waals surface area contributed by atoms with Crippen molar-refractivity contribution in [2.45, 2.75) is 77.9 Å². The predicted octanol–water partition coefficient (Wildman–Crippen LogP) is 5.45. The van der Waals surface area contributed by atoms with Gasteiger partial charge < -0.3 is 10.1 Å². The number of nitrogens with zero attached hydrogens (tertiary/aromatic N) is 2. The summed E-state index contributed by atoms with van der Waals surface area (Å²) >= 11 is 0. The number of hydrogen-bond acceptors (Lipinski definition) is 4. The minimum atomic E-state index is -0.103. The molecule has 5 heteroatoms. The summed E-state index contributed by atoms with van der Waals surface area (Å²) in [6.07, 6.45) is 6.56. The molecule has 0 spiro atoms. The Hall–Kier alpha value is -2.87. The number of aromatic nitrogens is 1. The quantitative estimate of drug-likeness (QED) is 0.691. The number of carbonyl (C=O) groups excluding carboxylic acids is 1. The highest BCUT2D eigenvalue weighted by molar-refractivity contribution is 5.92. The average Bonchev–Trinajstić information content (AvgIpc) is 2.78. The zero-order valence-electron chi connectivity index (χ0n) is 18.4. The molecule has 1 aliphatic rings. The average molecular weight is 408 g/mol. The van der Waals surface area contributed by atoms with Crippen molar-refractivity contribution in [2.75, 3.05) is 0 Å². The molecular formula is C25H33N3O2. The monoisotopic (exact) mass is 407 g/mol. The Labute approximate surface area is 181 Å². The molecule has 0 aliphatic heterocycles. The lowest BCUT2D eigenvalue weighted by Crippen LogP contribution is -2.40. The SMILES string of the molecule is CCC(C)c1ccc(C(=O)NC2CCC(Oc3ccc(C#N)c(C)c3C)CC2)nc1.[HH]. The van der Waals surface area contributed by atoms with Gasteiger partial charge in [0.2, 0.25) is 0 Å². The number of pyridine rings is 1. The summed E-state index contributed by atoms with van der Waals surface area (Å²) in [5, 5.41) is 12.3. The first-order chi connectivity index (χ1) is 14.4. The summed E-state index contributed by atoms with van der Waals surface area (Å²) in [5.74, 6) is 1.20. The molecule has 1 unspecified atom stereocenters. The molecule has 1 saturated carbocycles. The van der Waals surface area contributed by atoms with E-state index in [2.05, 4.69) is 30.2 Å². The van der Waals surface area contributed by atoms with Crippen molar-refractivity contribution in [1.29, 1.82) is 5.26 Å². The van der Waals surface area contributed by atoms with E-state index < -0.39 is 0 Å². The van der Waals surface area contributed by atoms with E-state index in [1.165, 1.54) is 5.56 Å². The normalized spacial score (nSPS) is 19.6. The Morgan fingerprint density at radius 1 is 1.23 bits per heavy atom.